The van der Waals surface area contributed by atoms with Gasteiger partial charge >= 0.3 is 0 Å². The van der Waals surface area contributed by atoms with Crippen molar-refractivity contribution in [3.05, 3.63) is 77.0 Å². The lowest BCUT2D eigenvalue weighted by molar-refractivity contribution is -0.132. The van der Waals surface area contributed by atoms with Crippen molar-refractivity contribution in [2.75, 3.05) is 13.1 Å². The van der Waals surface area contributed by atoms with Gasteiger partial charge in [-0.3, -0.25) is 9.59 Å². The summed E-state index contributed by atoms with van der Waals surface area (Å²) >= 11 is 0. The number of hydrogen-bond acceptors (Lipinski definition) is 4. The molecule has 0 spiro atoms. The van der Waals surface area contributed by atoms with Gasteiger partial charge in [-0.1, -0.05) is 59.8 Å². The third-order valence-electron chi connectivity index (χ3n) is 5.47. The van der Waals surface area contributed by atoms with Crippen LogP contribution in [0.5, 0.6) is 0 Å². The molecule has 0 saturated carbocycles. The van der Waals surface area contributed by atoms with E-state index in [0.717, 1.165) is 18.5 Å². The van der Waals surface area contributed by atoms with Gasteiger partial charge in [-0.05, 0) is 30.9 Å². The minimum atomic E-state index is -0.230. The number of benzene rings is 2. The Kier molecular flexibility index (Phi) is 5.93. The van der Waals surface area contributed by atoms with Gasteiger partial charge in [0.1, 0.15) is 17.0 Å². The third kappa shape index (κ3) is 4.27. The highest BCUT2D eigenvalue weighted by Gasteiger charge is 2.22. The van der Waals surface area contributed by atoms with Gasteiger partial charge in [0.05, 0.1) is 0 Å². The minimum absolute atomic E-state index is 0.130. The number of hydrogen-bond donors (Lipinski definition) is 1. The fourth-order valence-corrected chi connectivity index (χ4v) is 3.83. The first-order valence-corrected chi connectivity index (χ1v) is 10.3. The number of rotatable bonds is 6. The predicted octanol–water partition coefficient (Wildman–Crippen LogP) is 3.74. The number of aromatic nitrogens is 1. The first-order valence-electron chi connectivity index (χ1n) is 10.3. The summed E-state index contributed by atoms with van der Waals surface area (Å²) in [6, 6.07) is 17.8. The van der Waals surface area contributed by atoms with Crippen molar-refractivity contribution in [2.24, 2.45) is 0 Å². The lowest BCUT2D eigenvalue weighted by atomic mass is 9.99. The second kappa shape index (κ2) is 8.95. The van der Waals surface area contributed by atoms with Crippen LogP contribution in [0.4, 0.5) is 0 Å². The molecule has 0 radical (unpaired) electrons. The molecule has 1 aliphatic rings. The second-order valence-corrected chi connectivity index (χ2v) is 7.52. The summed E-state index contributed by atoms with van der Waals surface area (Å²) in [7, 11) is 0. The van der Waals surface area contributed by atoms with Crippen molar-refractivity contribution in [3.63, 3.8) is 0 Å². The van der Waals surface area contributed by atoms with Crippen LogP contribution in [0.1, 0.15) is 40.1 Å². The van der Waals surface area contributed by atoms with Gasteiger partial charge in [0.25, 0.3) is 5.91 Å². The molecule has 2 heterocycles. The summed E-state index contributed by atoms with van der Waals surface area (Å²) in [4.78, 5) is 27.2. The van der Waals surface area contributed by atoms with Crippen molar-refractivity contribution in [3.8, 4) is 11.3 Å². The Hall–Kier alpha value is -3.41. The highest BCUT2D eigenvalue weighted by molar-refractivity contribution is 6.00. The number of fused-ring (bicyclic) bond motifs is 1. The molecule has 0 saturated heterocycles. The van der Waals surface area contributed by atoms with Gasteiger partial charge in [-0.15, -0.1) is 0 Å². The lowest BCUT2D eigenvalue weighted by Gasteiger charge is -2.29. The Labute approximate surface area is 175 Å². The maximum atomic E-state index is 12.7. The quantitative estimate of drug-likeness (QED) is 0.636. The van der Waals surface area contributed by atoms with Crippen LogP contribution < -0.4 is 5.32 Å². The van der Waals surface area contributed by atoms with E-state index in [4.69, 9.17) is 4.52 Å². The molecule has 1 aromatic heterocycles. The number of carbonyl (C=O) groups is 2. The largest absolute Gasteiger partial charge is 0.360 e. The van der Waals surface area contributed by atoms with Gasteiger partial charge < -0.3 is 14.7 Å². The third-order valence-corrected chi connectivity index (χ3v) is 5.47. The zero-order valence-corrected chi connectivity index (χ0v) is 17.1. The average Bonchev–Trinajstić information content (AvgIpc) is 3.18. The highest BCUT2D eigenvalue weighted by atomic mass is 16.5. The number of amides is 2. The Morgan fingerprint density at radius 1 is 1.07 bits per heavy atom. The number of nitrogens with zero attached hydrogens (tertiary/aromatic N) is 2. The van der Waals surface area contributed by atoms with E-state index in [-0.39, 0.29) is 11.8 Å². The van der Waals surface area contributed by atoms with Crippen LogP contribution in [0.15, 0.2) is 59.1 Å². The molecule has 2 aromatic carbocycles. The molecule has 6 heteroatoms. The fourth-order valence-electron chi connectivity index (χ4n) is 3.83. The number of aryl methyl sites for hydroxylation is 1. The molecule has 0 aliphatic carbocycles. The van der Waals surface area contributed by atoms with Crippen LogP contribution in [-0.4, -0.2) is 35.0 Å². The molecular formula is C24H25N3O3. The Morgan fingerprint density at radius 3 is 2.60 bits per heavy atom. The van der Waals surface area contributed by atoms with Crippen molar-refractivity contribution >= 4 is 11.8 Å². The molecule has 0 bridgehead atoms. The molecule has 1 N–H and O–H groups in total. The summed E-state index contributed by atoms with van der Waals surface area (Å²) in [6.45, 7) is 3.57. The molecule has 2 amide bonds. The van der Waals surface area contributed by atoms with Crippen LogP contribution in [0.25, 0.3) is 11.3 Å². The fraction of sp³-hybridized carbons (Fsp3) is 0.292. The maximum absolute atomic E-state index is 12.7. The van der Waals surface area contributed by atoms with Crippen LogP contribution in [0.2, 0.25) is 0 Å². The van der Waals surface area contributed by atoms with Gasteiger partial charge in [0.2, 0.25) is 5.91 Å². The molecule has 1 aliphatic heterocycles. The topological polar surface area (TPSA) is 75.4 Å². The first kappa shape index (κ1) is 19.9. The van der Waals surface area contributed by atoms with Crippen molar-refractivity contribution in [2.45, 2.75) is 32.7 Å². The van der Waals surface area contributed by atoms with Crippen LogP contribution in [-0.2, 0) is 17.8 Å². The molecule has 0 unspecified atom stereocenters. The van der Waals surface area contributed by atoms with Crippen molar-refractivity contribution in [1.82, 2.24) is 15.4 Å². The molecule has 0 fully saturated rings. The van der Waals surface area contributed by atoms with E-state index in [0.29, 0.717) is 42.9 Å². The molecule has 4 rings (SSSR count). The van der Waals surface area contributed by atoms with E-state index in [2.05, 4.69) is 22.6 Å². The number of nitrogens with one attached hydrogen (secondary N) is 1. The molecule has 3 aromatic rings. The van der Waals surface area contributed by atoms with E-state index in [9.17, 15) is 9.59 Å². The Morgan fingerprint density at radius 2 is 1.80 bits per heavy atom. The van der Waals surface area contributed by atoms with E-state index < -0.39 is 0 Å². The average molecular weight is 403 g/mol. The minimum Gasteiger partial charge on any atom is -0.360 e. The summed E-state index contributed by atoms with van der Waals surface area (Å²) in [6.07, 6.45) is 1.90. The monoisotopic (exact) mass is 403 g/mol. The van der Waals surface area contributed by atoms with E-state index in [1.54, 1.807) is 6.92 Å². The van der Waals surface area contributed by atoms with Crippen LogP contribution in [0.3, 0.4) is 0 Å². The molecule has 6 nitrogen and oxygen atoms in total. The number of carbonyl (C=O) groups excluding carboxylic acids is 2. The van der Waals surface area contributed by atoms with Gasteiger partial charge in [0.15, 0.2) is 0 Å². The van der Waals surface area contributed by atoms with Gasteiger partial charge in [-0.2, -0.15) is 0 Å². The van der Waals surface area contributed by atoms with Gasteiger partial charge in [-0.25, -0.2) is 0 Å². The standard InChI is InChI=1S/C24H25N3O3/c1-17-22(23(26-30-17)19-9-3-2-4-10-19)24(29)25-14-7-12-21(28)27-15-13-18-8-5-6-11-20(18)16-27/h2-6,8-11H,7,12-16H2,1H3,(H,25,29). The summed E-state index contributed by atoms with van der Waals surface area (Å²) in [5.74, 6) is 0.381. The van der Waals surface area contributed by atoms with Gasteiger partial charge in [0, 0.05) is 31.6 Å². The van der Waals surface area contributed by atoms with Crippen LogP contribution >= 0.6 is 0 Å². The Bertz CT molecular complexity index is 1040. The zero-order chi connectivity index (χ0) is 20.9. The first-order chi connectivity index (χ1) is 14.6. The second-order valence-electron chi connectivity index (χ2n) is 7.52. The highest BCUT2D eigenvalue weighted by Crippen LogP contribution is 2.25. The SMILES string of the molecule is Cc1onc(-c2ccccc2)c1C(=O)NCCCC(=O)N1CCc2ccccc2C1. The van der Waals surface area contributed by atoms with E-state index in [1.807, 2.05) is 47.4 Å². The molecule has 154 valence electrons. The lowest BCUT2D eigenvalue weighted by Crippen LogP contribution is -2.36. The van der Waals surface area contributed by atoms with Crippen molar-refractivity contribution in [1.29, 1.82) is 0 Å². The zero-order valence-electron chi connectivity index (χ0n) is 17.1. The maximum Gasteiger partial charge on any atom is 0.257 e. The van der Waals surface area contributed by atoms with E-state index >= 15 is 0 Å². The predicted molar refractivity (Wildman–Crippen MR) is 114 cm³/mol. The normalized spacial score (nSPS) is 13.0. The van der Waals surface area contributed by atoms with E-state index in [1.165, 1.54) is 11.1 Å². The summed E-state index contributed by atoms with van der Waals surface area (Å²) in [5.41, 5.74) is 4.36. The smallest absolute Gasteiger partial charge is 0.257 e. The Balaban J connectivity index is 1.29. The molecule has 30 heavy (non-hydrogen) atoms. The molecule has 0 atom stereocenters. The molecular weight excluding hydrogens is 378 g/mol. The van der Waals surface area contributed by atoms with Crippen LogP contribution in [0, 0.1) is 6.92 Å². The summed E-state index contributed by atoms with van der Waals surface area (Å²) in [5, 5.41) is 6.95. The summed E-state index contributed by atoms with van der Waals surface area (Å²) < 4.78 is 5.25. The van der Waals surface area contributed by atoms with Crippen molar-refractivity contribution < 1.29 is 14.1 Å².